The number of rotatable bonds is 4. The van der Waals surface area contributed by atoms with E-state index in [9.17, 15) is 5.11 Å². The molecule has 0 radical (unpaired) electrons. The molecule has 27 heavy (non-hydrogen) atoms. The van der Waals surface area contributed by atoms with Crippen LogP contribution in [0.15, 0.2) is 30.6 Å². The molecule has 2 saturated carbocycles. The van der Waals surface area contributed by atoms with Gasteiger partial charge in [0.05, 0.1) is 18.5 Å². The fourth-order valence-corrected chi connectivity index (χ4v) is 5.01. The van der Waals surface area contributed by atoms with E-state index >= 15 is 0 Å². The Bertz CT molecular complexity index is 1030. The van der Waals surface area contributed by atoms with Crippen molar-refractivity contribution in [3.63, 3.8) is 0 Å². The third-order valence-corrected chi connectivity index (χ3v) is 6.47. The molecule has 1 aromatic carbocycles. The van der Waals surface area contributed by atoms with E-state index in [1.54, 1.807) is 6.33 Å². The van der Waals surface area contributed by atoms with Crippen LogP contribution in [0.2, 0.25) is 5.28 Å². The zero-order valence-corrected chi connectivity index (χ0v) is 17.2. The lowest BCUT2D eigenvalue weighted by Crippen LogP contribution is -2.37. The predicted octanol–water partition coefficient (Wildman–Crippen LogP) is 2.58. The van der Waals surface area contributed by atoms with Crippen LogP contribution < -0.4 is 11.1 Å². The first-order chi connectivity index (χ1) is 13.0. The Hall–Kier alpha value is -1.49. The van der Waals surface area contributed by atoms with Gasteiger partial charge in [0.1, 0.15) is 0 Å². The van der Waals surface area contributed by atoms with E-state index in [-0.39, 0.29) is 17.4 Å². The van der Waals surface area contributed by atoms with Crippen molar-refractivity contribution in [3.05, 3.63) is 45.0 Å². The Balaban J connectivity index is 1.49. The average molecular weight is 497 g/mol. The Morgan fingerprint density at radius 2 is 2.19 bits per heavy atom. The van der Waals surface area contributed by atoms with Crippen molar-refractivity contribution in [2.75, 3.05) is 5.32 Å². The molecule has 5 atom stereocenters. The molecule has 0 amide bonds. The van der Waals surface area contributed by atoms with E-state index in [1.807, 2.05) is 16.7 Å². The molecule has 2 aromatic heterocycles. The number of nitrogens with zero attached hydrogens (tertiary/aromatic N) is 4. The molecule has 0 aliphatic heterocycles. The maximum atomic E-state index is 10.5. The van der Waals surface area contributed by atoms with Crippen molar-refractivity contribution in [3.8, 4) is 0 Å². The minimum Gasteiger partial charge on any atom is -0.389 e. The maximum Gasteiger partial charge on any atom is 0.226 e. The average Bonchev–Trinajstić information content (AvgIpc) is 3.25. The molecule has 2 aliphatic rings. The molecular formula is C18H18ClIN6O. The Morgan fingerprint density at radius 3 is 2.93 bits per heavy atom. The molecule has 9 heteroatoms. The molecule has 2 aliphatic carbocycles. The van der Waals surface area contributed by atoms with Crippen LogP contribution in [0.5, 0.6) is 0 Å². The summed E-state index contributed by atoms with van der Waals surface area (Å²) >= 11 is 8.48. The van der Waals surface area contributed by atoms with E-state index in [2.05, 4.69) is 55.0 Å². The number of halogens is 2. The van der Waals surface area contributed by atoms with Crippen LogP contribution in [0.3, 0.4) is 0 Å². The van der Waals surface area contributed by atoms with Crippen molar-refractivity contribution < 1.29 is 5.11 Å². The summed E-state index contributed by atoms with van der Waals surface area (Å²) in [5.41, 5.74) is 8.55. The molecule has 3 aromatic rings. The highest BCUT2D eigenvalue weighted by atomic mass is 127. The van der Waals surface area contributed by atoms with Crippen molar-refractivity contribution in [1.29, 1.82) is 0 Å². The number of nitrogens with two attached hydrogens (primary N) is 1. The van der Waals surface area contributed by atoms with Gasteiger partial charge in [-0.3, -0.25) is 0 Å². The van der Waals surface area contributed by atoms with Crippen molar-refractivity contribution in [1.82, 2.24) is 19.5 Å². The molecule has 4 N–H and O–H groups in total. The fraction of sp³-hybridized carbons (Fsp3) is 0.389. The quantitative estimate of drug-likeness (QED) is 0.379. The van der Waals surface area contributed by atoms with Gasteiger partial charge in [-0.25, -0.2) is 4.98 Å². The number of hydrogen-bond acceptors (Lipinski definition) is 6. The van der Waals surface area contributed by atoms with Gasteiger partial charge in [-0.15, -0.1) is 0 Å². The van der Waals surface area contributed by atoms with E-state index in [0.29, 0.717) is 35.4 Å². The van der Waals surface area contributed by atoms with Gasteiger partial charge >= 0.3 is 0 Å². The van der Waals surface area contributed by atoms with Crippen LogP contribution >= 0.6 is 34.2 Å². The van der Waals surface area contributed by atoms with Crippen molar-refractivity contribution in [2.24, 2.45) is 17.6 Å². The highest BCUT2D eigenvalue weighted by Gasteiger charge is 2.59. The number of aliphatic hydroxyl groups excluding tert-OH is 1. The topological polar surface area (TPSA) is 102 Å². The number of fused-ring (bicyclic) bond motifs is 2. The molecule has 7 nitrogen and oxygen atoms in total. The van der Waals surface area contributed by atoms with Gasteiger partial charge in [0.15, 0.2) is 17.0 Å². The minimum absolute atomic E-state index is 0.107. The third kappa shape index (κ3) is 2.98. The molecule has 0 saturated heterocycles. The van der Waals surface area contributed by atoms with Crippen LogP contribution in [0, 0.1) is 15.4 Å². The largest absolute Gasteiger partial charge is 0.389 e. The first kappa shape index (κ1) is 17.6. The number of benzene rings is 1. The summed E-state index contributed by atoms with van der Waals surface area (Å²) < 4.78 is 3.09. The molecule has 0 unspecified atom stereocenters. The van der Waals surface area contributed by atoms with Crippen molar-refractivity contribution >= 4 is 51.2 Å². The lowest BCUT2D eigenvalue weighted by molar-refractivity contribution is 0.104. The van der Waals surface area contributed by atoms with Gasteiger partial charge in [0.2, 0.25) is 5.28 Å². The standard InChI is InChI=1S/C18H18ClIN6O/c19-18-24-16(22-6-8-2-1-3-9(20)4-8)13-17(25-18)26(7-23-13)14-11-5-10(11)12(21)15(14)27/h1-4,7,10-12,14-15,27H,5-6,21H2,(H,22,24,25)/t10-,11+,12+,14+,15+/m0/s1. The number of anilines is 1. The first-order valence-electron chi connectivity index (χ1n) is 8.85. The minimum atomic E-state index is -0.595. The van der Waals surface area contributed by atoms with Gasteiger partial charge in [0, 0.05) is 16.2 Å². The summed E-state index contributed by atoms with van der Waals surface area (Å²) in [7, 11) is 0. The number of hydrogen-bond donors (Lipinski definition) is 3. The molecule has 5 rings (SSSR count). The lowest BCUT2D eigenvalue weighted by Gasteiger charge is -2.22. The van der Waals surface area contributed by atoms with E-state index in [4.69, 9.17) is 17.3 Å². The van der Waals surface area contributed by atoms with Gasteiger partial charge in [-0.2, -0.15) is 9.97 Å². The summed E-state index contributed by atoms with van der Waals surface area (Å²) in [5, 5.41) is 14.0. The van der Waals surface area contributed by atoms with Crippen LogP contribution in [-0.4, -0.2) is 36.8 Å². The third-order valence-electron chi connectivity index (χ3n) is 5.63. The van der Waals surface area contributed by atoms with Crippen LogP contribution in [0.4, 0.5) is 5.82 Å². The maximum absolute atomic E-state index is 10.5. The molecule has 0 spiro atoms. The van der Waals surface area contributed by atoms with Crippen molar-refractivity contribution in [2.45, 2.75) is 31.2 Å². The number of aromatic nitrogens is 4. The smallest absolute Gasteiger partial charge is 0.226 e. The van der Waals surface area contributed by atoms with Gasteiger partial charge in [-0.05, 0) is 70.1 Å². The second-order valence-electron chi connectivity index (χ2n) is 7.27. The summed E-state index contributed by atoms with van der Waals surface area (Å²) in [6.45, 7) is 0.605. The normalized spacial score (nSPS) is 29.1. The van der Waals surface area contributed by atoms with Gasteiger partial charge in [-0.1, -0.05) is 12.1 Å². The SMILES string of the molecule is N[C@H]1[C@@H](O)[C@H](n2cnc3c(NCc4cccc(I)c4)nc(Cl)nc32)[C@@H]2C[C@H]12. The molecular weight excluding hydrogens is 479 g/mol. The Labute approximate surface area is 174 Å². The lowest BCUT2D eigenvalue weighted by atomic mass is 10.1. The zero-order valence-electron chi connectivity index (χ0n) is 14.3. The summed E-state index contributed by atoms with van der Waals surface area (Å²) in [6.07, 6.45) is 2.16. The fourth-order valence-electron chi connectivity index (χ4n) is 4.24. The zero-order chi connectivity index (χ0) is 18.7. The highest BCUT2D eigenvalue weighted by molar-refractivity contribution is 14.1. The van der Waals surface area contributed by atoms with Gasteiger partial charge in [0.25, 0.3) is 0 Å². The summed E-state index contributed by atoms with van der Waals surface area (Å²) in [5.74, 6) is 1.36. The monoisotopic (exact) mass is 496 g/mol. The van der Waals surface area contributed by atoms with Crippen LogP contribution in [0.1, 0.15) is 18.0 Å². The van der Waals surface area contributed by atoms with E-state index in [1.165, 1.54) is 3.57 Å². The highest BCUT2D eigenvalue weighted by Crippen LogP contribution is 2.57. The summed E-state index contributed by atoms with van der Waals surface area (Å²) in [6, 6.07) is 7.94. The second kappa shape index (κ2) is 6.54. The van der Waals surface area contributed by atoms with Gasteiger partial charge < -0.3 is 20.7 Å². The van der Waals surface area contributed by atoms with E-state index in [0.717, 1.165) is 12.0 Å². The van der Waals surface area contributed by atoms with E-state index < -0.39 is 6.10 Å². The van der Waals surface area contributed by atoms with Crippen LogP contribution in [0.25, 0.3) is 11.2 Å². The molecule has 2 heterocycles. The summed E-state index contributed by atoms with van der Waals surface area (Å²) in [4.78, 5) is 13.2. The second-order valence-corrected chi connectivity index (χ2v) is 8.85. The number of imidazole rings is 1. The first-order valence-corrected chi connectivity index (χ1v) is 10.3. The Kier molecular flexibility index (Phi) is 4.26. The molecule has 2 fully saturated rings. The number of aliphatic hydroxyl groups is 1. The molecule has 0 bridgehead atoms. The molecule has 140 valence electrons. The Morgan fingerprint density at radius 1 is 1.33 bits per heavy atom. The number of nitrogens with one attached hydrogen (secondary N) is 1. The predicted molar refractivity (Wildman–Crippen MR) is 111 cm³/mol. The van der Waals surface area contributed by atoms with Crippen LogP contribution in [-0.2, 0) is 6.54 Å².